The molecule has 0 spiro atoms. The summed E-state index contributed by atoms with van der Waals surface area (Å²) < 4.78 is 1.22. The third-order valence-corrected chi connectivity index (χ3v) is 0.586. The lowest BCUT2D eigenvalue weighted by atomic mass is 11.3. The monoisotopic (exact) mass is 100.0 g/mol. The van der Waals surface area contributed by atoms with Crippen molar-refractivity contribution in [2.24, 2.45) is 10.1 Å². The first-order valence-corrected chi connectivity index (χ1v) is 1.78. The van der Waals surface area contributed by atoms with Crippen LogP contribution in [-0.4, -0.2) is 16.7 Å². The lowest BCUT2D eigenvalue weighted by molar-refractivity contribution is -0.363. The fourth-order valence-electron chi connectivity index (χ4n) is 0.197. The van der Waals surface area contributed by atoms with Gasteiger partial charge in [-0.1, -0.05) is 0 Å². The molecule has 0 saturated heterocycles. The number of aliphatic imine (C=N–C) groups is 1. The van der Waals surface area contributed by atoms with E-state index in [1.54, 1.807) is 0 Å². The topological polar surface area (TPSA) is 27.7 Å². The van der Waals surface area contributed by atoms with Crippen LogP contribution in [0.3, 0.4) is 0 Å². The van der Waals surface area contributed by atoms with Crippen molar-refractivity contribution in [1.29, 1.82) is 0 Å². The van der Waals surface area contributed by atoms with Crippen LogP contribution >= 0.6 is 0 Å². The predicted molar refractivity (Wildman–Crippen MR) is 24.6 cm³/mol. The number of hydrazone groups is 1. The summed E-state index contributed by atoms with van der Waals surface area (Å²) in [4.78, 5) is 3.57. The summed E-state index contributed by atoms with van der Waals surface area (Å²) in [6, 6.07) is 0. The first-order valence-electron chi connectivity index (χ1n) is 1.42. The molecule has 4 heteroatoms. The van der Waals surface area contributed by atoms with Gasteiger partial charge in [0.25, 0.3) is 6.34 Å². The minimum atomic E-state index is 1.22. The Kier molecular flexibility index (Phi) is 0.719. The smallest absolute Gasteiger partial charge is 0.0294 e. The maximum absolute atomic E-state index is 4.49. The number of nitrogens with zero attached hydrogens (tertiary/aromatic N) is 3. The Hall–Kier alpha value is -0.640. The third kappa shape index (κ3) is 0.463. The quantitative estimate of drug-likeness (QED) is 0.384. The zero-order chi connectivity index (χ0) is 4.41. The van der Waals surface area contributed by atoms with Crippen molar-refractivity contribution in [2.45, 2.75) is 0 Å². The van der Waals surface area contributed by atoms with Crippen LogP contribution in [0.5, 0.6) is 0 Å². The fraction of sp³-hybridized carbons (Fsp3) is 0. The molecule has 1 rings (SSSR count). The van der Waals surface area contributed by atoms with Crippen molar-refractivity contribution in [2.75, 3.05) is 0 Å². The summed E-state index contributed by atoms with van der Waals surface area (Å²) in [5, 5.41) is 3.54. The first kappa shape index (κ1) is 3.55. The van der Waals surface area contributed by atoms with Crippen LogP contribution in [0.4, 0.5) is 0 Å². The molecule has 0 aromatic carbocycles. The van der Waals surface area contributed by atoms with Gasteiger partial charge in [0.1, 0.15) is 0 Å². The van der Waals surface area contributed by atoms with Gasteiger partial charge in [-0.15, -0.1) is 0 Å². The molecule has 0 fully saturated rings. The minimum Gasteiger partial charge on any atom is -0.0294 e. The number of rotatable bonds is 0. The van der Waals surface area contributed by atoms with Gasteiger partial charge in [-0.25, -0.2) is 0 Å². The number of hydrogen-bond acceptors (Lipinski definition) is 2. The van der Waals surface area contributed by atoms with Crippen LogP contribution in [0, 0.1) is 0 Å². The highest BCUT2D eigenvalue weighted by atomic mass is 32.1. The van der Waals surface area contributed by atoms with E-state index in [1.807, 2.05) is 0 Å². The molecule has 0 unspecified atom stereocenters. The maximum Gasteiger partial charge on any atom is 0.326 e. The van der Waals surface area contributed by atoms with E-state index in [0.29, 0.717) is 0 Å². The molecular weight excluding hydrogens is 98.1 g/mol. The summed E-state index contributed by atoms with van der Waals surface area (Å²) in [5.41, 5.74) is 0. The largest absolute Gasteiger partial charge is 0.326 e. The van der Waals surface area contributed by atoms with Crippen LogP contribution in [0.1, 0.15) is 0 Å². The molecule has 1 heterocycles. The van der Waals surface area contributed by atoms with Crippen molar-refractivity contribution in [1.82, 2.24) is 0 Å². The van der Waals surface area contributed by atoms with E-state index in [0.717, 1.165) is 0 Å². The van der Waals surface area contributed by atoms with E-state index < -0.39 is 0 Å². The second-order valence-electron chi connectivity index (χ2n) is 0.798. The number of hydrogen-bond donors (Lipinski definition) is 0. The highest BCUT2D eigenvalue weighted by Gasteiger charge is 1.95. The van der Waals surface area contributed by atoms with Crippen LogP contribution < -0.4 is 0 Å². The Bertz CT molecular complexity index is 111. The van der Waals surface area contributed by atoms with E-state index in [4.69, 9.17) is 0 Å². The van der Waals surface area contributed by atoms with Gasteiger partial charge in [0.05, 0.1) is 0 Å². The van der Waals surface area contributed by atoms with Crippen molar-refractivity contribution in [3.63, 3.8) is 0 Å². The van der Waals surface area contributed by atoms with Gasteiger partial charge in [-0.2, -0.15) is 0 Å². The zero-order valence-electron chi connectivity index (χ0n) is 2.90. The molecular formula is C2H2N3S+. The fourth-order valence-corrected chi connectivity index (χ4v) is 0.294. The van der Waals surface area contributed by atoms with Crippen molar-refractivity contribution >= 4 is 25.1 Å². The Morgan fingerprint density at radius 2 is 2.50 bits per heavy atom. The summed E-state index contributed by atoms with van der Waals surface area (Å²) >= 11 is 4.49. The zero-order valence-corrected chi connectivity index (χ0v) is 3.72. The van der Waals surface area contributed by atoms with Crippen molar-refractivity contribution in [3.05, 3.63) is 0 Å². The van der Waals surface area contributed by atoms with Gasteiger partial charge in [0.2, 0.25) is 0 Å². The highest BCUT2D eigenvalue weighted by molar-refractivity contribution is 7.44. The van der Waals surface area contributed by atoms with E-state index in [9.17, 15) is 0 Å². The van der Waals surface area contributed by atoms with Crippen molar-refractivity contribution < 1.29 is 4.05 Å². The Labute approximate surface area is 40.2 Å². The van der Waals surface area contributed by atoms with Gasteiger partial charge in [0, 0.05) is 0 Å². The van der Waals surface area contributed by atoms with Crippen LogP contribution in [0.25, 0.3) is 0 Å². The van der Waals surface area contributed by atoms with Crippen molar-refractivity contribution in [3.8, 4) is 0 Å². The van der Waals surface area contributed by atoms with Crippen LogP contribution in [0.2, 0.25) is 0 Å². The van der Waals surface area contributed by atoms with Gasteiger partial charge in [0.15, 0.2) is 12.4 Å². The van der Waals surface area contributed by atoms with E-state index in [-0.39, 0.29) is 0 Å². The second-order valence-corrected chi connectivity index (χ2v) is 1.17. The summed E-state index contributed by atoms with van der Waals surface area (Å²) in [6.45, 7) is 0. The molecule has 1 aliphatic heterocycles. The molecule has 0 N–H and O–H groups in total. The first-order chi connectivity index (χ1) is 2.89. The van der Waals surface area contributed by atoms with Crippen LogP contribution in [-0.2, 0) is 12.4 Å². The highest BCUT2D eigenvalue weighted by Crippen LogP contribution is 1.74. The van der Waals surface area contributed by atoms with Crippen LogP contribution in [0.15, 0.2) is 10.1 Å². The average Bonchev–Trinajstić information content (AvgIpc) is 1.86. The molecule has 1 aliphatic rings. The molecule has 0 aromatic rings. The van der Waals surface area contributed by atoms with E-state index >= 15 is 0 Å². The summed E-state index contributed by atoms with van der Waals surface area (Å²) in [5.74, 6) is 0. The normalized spacial score (nSPS) is 17.0. The molecule has 0 aliphatic carbocycles. The second kappa shape index (κ2) is 1.22. The molecule has 0 saturated carbocycles. The average molecular weight is 100 g/mol. The molecule has 0 aromatic heterocycles. The lowest BCUT2D eigenvalue weighted by Crippen LogP contribution is -1.86. The maximum atomic E-state index is 4.49. The van der Waals surface area contributed by atoms with Gasteiger partial charge >= 0.3 is 6.34 Å². The summed E-state index contributed by atoms with van der Waals surface area (Å²) in [6.07, 6.45) is 2.85. The Morgan fingerprint density at radius 1 is 1.67 bits per heavy atom. The molecule has 6 heavy (non-hydrogen) atoms. The predicted octanol–water partition coefficient (Wildman–Crippen LogP) is -0.285. The van der Waals surface area contributed by atoms with Gasteiger partial charge in [-0.05, 0) is 14.1 Å². The van der Waals surface area contributed by atoms with E-state index in [2.05, 4.69) is 22.5 Å². The van der Waals surface area contributed by atoms with E-state index in [1.165, 1.54) is 16.7 Å². The molecule has 0 amide bonds. The molecule has 0 bridgehead atoms. The molecule has 0 radical (unpaired) electrons. The molecule has 0 atom stereocenters. The minimum absolute atomic E-state index is 1.22. The lowest BCUT2D eigenvalue weighted by Gasteiger charge is -1.60. The third-order valence-electron chi connectivity index (χ3n) is 0.398. The Morgan fingerprint density at radius 3 is 2.67 bits per heavy atom. The SMILES string of the molecule is S=[N+]1C=NC=N1. The Balaban J connectivity index is 2.86. The summed E-state index contributed by atoms with van der Waals surface area (Å²) in [7, 11) is 0. The van der Waals surface area contributed by atoms with Gasteiger partial charge in [-0.3, -0.25) is 0 Å². The standard InChI is InChI=1S/C2H2N3S/c6-5-2-3-1-4-5/h1-2H/q+1. The van der Waals surface area contributed by atoms with Gasteiger partial charge < -0.3 is 0 Å². The molecule has 30 valence electrons. The molecule has 3 nitrogen and oxygen atoms in total.